The van der Waals surface area contributed by atoms with Gasteiger partial charge in [0, 0.05) is 25.7 Å². The third kappa shape index (κ3) is 5.36. The molecule has 4 aromatic heterocycles. The monoisotopic (exact) mass is 459 g/mol. The summed E-state index contributed by atoms with van der Waals surface area (Å²) in [6, 6.07) is 7.18. The van der Waals surface area contributed by atoms with Gasteiger partial charge in [-0.05, 0) is 38.8 Å². The number of ether oxygens (including phenoxy) is 1. The Hall–Kier alpha value is -4.30. The Balaban J connectivity index is 1.61. The maximum Gasteiger partial charge on any atom is 0.223 e. The number of fused-ring (bicyclic) bond motifs is 1. The van der Waals surface area contributed by atoms with E-state index in [1.54, 1.807) is 42.9 Å². The van der Waals surface area contributed by atoms with Crippen LogP contribution < -0.4 is 15.4 Å². The lowest BCUT2D eigenvalue weighted by atomic mass is 10.1. The number of aryl methyl sites for hydroxylation is 2. The Morgan fingerprint density at radius 1 is 1.15 bits per heavy atom. The van der Waals surface area contributed by atoms with E-state index in [1.807, 2.05) is 20.0 Å². The van der Waals surface area contributed by atoms with Crippen molar-refractivity contribution in [2.75, 3.05) is 17.2 Å². The van der Waals surface area contributed by atoms with E-state index < -0.39 is 5.60 Å². The van der Waals surface area contributed by atoms with Gasteiger partial charge < -0.3 is 25.0 Å². The van der Waals surface area contributed by atoms with Gasteiger partial charge >= 0.3 is 0 Å². The summed E-state index contributed by atoms with van der Waals surface area (Å²) >= 11 is 0. The van der Waals surface area contributed by atoms with Crippen molar-refractivity contribution < 1.29 is 9.84 Å². The summed E-state index contributed by atoms with van der Waals surface area (Å²) in [5.41, 5.74) is 2.25. The number of anilines is 3. The number of nitrogens with one attached hydrogen (secondary N) is 2. The second kappa shape index (κ2) is 9.29. The zero-order chi connectivity index (χ0) is 24.3. The molecule has 0 bridgehead atoms. The van der Waals surface area contributed by atoms with Crippen LogP contribution >= 0.6 is 0 Å². The van der Waals surface area contributed by atoms with E-state index in [0.29, 0.717) is 58.8 Å². The van der Waals surface area contributed by atoms with Crippen LogP contribution in [0.5, 0.6) is 11.6 Å². The minimum absolute atomic E-state index is 0.318. The van der Waals surface area contributed by atoms with Gasteiger partial charge in [-0.3, -0.25) is 0 Å². The highest BCUT2D eigenvalue weighted by Crippen LogP contribution is 2.31. The van der Waals surface area contributed by atoms with Crippen LogP contribution in [0.4, 0.5) is 17.3 Å². The van der Waals surface area contributed by atoms with Gasteiger partial charge in [0.25, 0.3) is 0 Å². The van der Waals surface area contributed by atoms with Gasteiger partial charge in [-0.2, -0.15) is 10.2 Å². The first-order chi connectivity index (χ1) is 16.2. The predicted octanol–water partition coefficient (Wildman–Crippen LogP) is 3.44. The van der Waals surface area contributed by atoms with Gasteiger partial charge in [0.05, 0.1) is 23.8 Å². The second-order valence-corrected chi connectivity index (χ2v) is 8.49. The van der Waals surface area contributed by atoms with Crippen molar-refractivity contribution in [2.24, 2.45) is 7.05 Å². The van der Waals surface area contributed by atoms with E-state index >= 15 is 0 Å². The molecule has 0 radical (unpaired) electrons. The summed E-state index contributed by atoms with van der Waals surface area (Å²) < 4.78 is 7.79. The molecule has 174 valence electrons. The van der Waals surface area contributed by atoms with Gasteiger partial charge in [-0.15, -0.1) is 0 Å². The number of nitriles is 1. The Morgan fingerprint density at radius 2 is 1.94 bits per heavy atom. The van der Waals surface area contributed by atoms with Crippen molar-refractivity contribution in [3.05, 3.63) is 48.3 Å². The Labute approximate surface area is 196 Å². The minimum atomic E-state index is -0.762. The minimum Gasteiger partial charge on any atom is -0.437 e. The van der Waals surface area contributed by atoms with Crippen LogP contribution in [0.15, 0.2) is 37.1 Å². The molecule has 0 atom stereocenters. The molecule has 4 rings (SSSR count). The van der Waals surface area contributed by atoms with Crippen LogP contribution in [-0.2, 0) is 7.05 Å². The average Bonchev–Trinajstić information content (AvgIpc) is 3.15. The molecule has 0 aliphatic rings. The molecular formula is C23H25N9O2. The van der Waals surface area contributed by atoms with E-state index in [0.717, 1.165) is 5.56 Å². The fourth-order valence-corrected chi connectivity index (χ4v) is 3.20. The van der Waals surface area contributed by atoms with Crippen molar-refractivity contribution in [1.29, 1.82) is 5.26 Å². The van der Waals surface area contributed by atoms with Crippen LogP contribution in [0.3, 0.4) is 0 Å². The molecular weight excluding hydrogens is 434 g/mol. The van der Waals surface area contributed by atoms with Gasteiger partial charge in [0.1, 0.15) is 35.2 Å². The summed E-state index contributed by atoms with van der Waals surface area (Å²) in [5.74, 6) is 2.02. The van der Waals surface area contributed by atoms with Crippen molar-refractivity contribution in [3.63, 3.8) is 0 Å². The van der Waals surface area contributed by atoms with Gasteiger partial charge in [0.2, 0.25) is 5.88 Å². The molecule has 3 N–H and O–H groups in total. The lowest BCUT2D eigenvalue weighted by Gasteiger charge is -2.17. The Bertz CT molecular complexity index is 1370. The van der Waals surface area contributed by atoms with Crippen molar-refractivity contribution in [3.8, 4) is 17.7 Å². The largest absolute Gasteiger partial charge is 0.437 e. The number of nitrogens with zero attached hydrogens (tertiary/aromatic N) is 7. The van der Waals surface area contributed by atoms with E-state index in [2.05, 4.69) is 35.6 Å². The molecule has 0 aromatic carbocycles. The van der Waals surface area contributed by atoms with E-state index in [-0.39, 0.29) is 0 Å². The molecule has 0 aliphatic carbocycles. The van der Waals surface area contributed by atoms with Crippen LogP contribution in [0.25, 0.3) is 11.2 Å². The highest BCUT2D eigenvalue weighted by molar-refractivity contribution is 5.88. The molecule has 4 aromatic rings. The summed E-state index contributed by atoms with van der Waals surface area (Å²) in [5, 5.41) is 25.4. The SMILES string of the molecule is Cc1cc(C#N)ncc1Oc1cc(Nc2cc(NCCC(C)(C)O)ncn2)c2ncn(C)c2n1. The van der Waals surface area contributed by atoms with E-state index in [9.17, 15) is 5.11 Å². The van der Waals surface area contributed by atoms with E-state index in [4.69, 9.17) is 10.00 Å². The Kier molecular flexibility index (Phi) is 6.25. The van der Waals surface area contributed by atoms with Crippen LogP contribution in [0.2, 0.25) is 0 Å². The van der Waals surface area contributed by atoms with E-state index in [1.165, 1.54) is 12.5 Å². The summed E-state index contributed by atoms with van der Waals surface area (Å²) in [4.78, 5) is 21.6. The normalized spacial score (nSPS) is 11.3. The molecule has 0 amide bonds. The van der Waals surface area contributed by atoms with Crippen LogP contribution in [0.1, 0.15) is 31.5 Å². The topological polar surface area (TPSA) is 147 Å². The number of aromatic nitrogens is 6. The molecule has 34 heavy (non-hydrogen) atoms. The van der Waals surface area contributed by atoms with Crippen molar-refractivity contribution in [1.82, 2.24) is 29.5 Å². The molecule has 0 saturated heterocycles. The number of rotatable bonds is 8. The average molecular weight is 460 g/mol. The highest BCUT2D eigenvalue weighted by Gasteiger charge is 2.15. The number of hydrogen-bond donors (Lipinski definition) is 3. The third-order valence-electron chi connectivity index (χ3n) is 5.01. The number of pyridine rings is 2. The maximum atomic E-state index is 9.89. The number of imidazole rings is 1. The molecule has 11 heteroatoms. The third-order valence-corrected chi connectivity index (χ3v) is 5.01. The van der Waals surface area contributed by atoms with Crippen molar-refractivity contribution in [2.45, 2.75) is 32.8 Å². The fraction of sp³-hybridized carbons (Fsp3) is 0.304. The Morgan fingerprint density at radius 3 is 2.68 bits per heavy atom. The second-order valence-electron chi connectivity index (χ2n) is 8.49. The summed E-state index contributed by atoms with van der Waals surface area (Å²) in [7, 11) is 1.85. The zero-order valence-corrected chi connectivity index (χ0v) is 19.4. The maximum absolute atomic E-state index is 9.89. The molecule has 0 aliphatic heterocycles. The smallest absolute Gasteiger partial charge is 0.223 e. The van der Waals surface area contributed by atoms with Crippen LogP contribution in [-0.4, -0.2) is 46.7 Å². The first-order valence-corrected chi connectivity index (χ1v) is 10.6. The molecule has 0 unspecified atom stereocenters. The van der Waals surface area contributed by atoms with Gasteiger partial charge in [0.15, 0.2) is 11.4 Å². The predicted molar refractivity (Wildman–Crippen MR) is 127 cm³/mol. The first kappa shape index (κ1) is 22.9. The summed E-state index contributed by atoms with van der Waals surface area (Å²) in [6.07, 6.45) is 5.20. The standard InChI is InChI=1S/C23H25N9O2/c1-14-7-15(10-24)26-11-17(14)34-20-8-16(21-22(31-20)32(4)13-29-21)30-19-9-18(27-12-28-19)25-6-5-23(2,3)33/h7-9,11-13,33H,5-6H2,1-4H3,(H2,25,27,28,30,31). The van der Waals surface area contributed by atoms with Gasteiger partial charge in [-0.1, -0.05) is 0 Å². The number of aliphatic hydroxyl groups is 1. The number of hydrogen-bond acceptors (Lipinski definition) is 10. The first-order valence-electron chi connectivity index (χ1n) is 10.6. The molecule has 0 fully saturated rings. The molecule has 0 spiro atoms. The van der Waals surface area contributed by atoms with Gasteiger partial charge in [-0.25, -0.2) is 19.9 Å². The molecule has 0 saturated carbocycles. The lowest BCUT2D eigenvalue weighted by Crippen LogP contribution is -2.22. The lowest BCUT2D eigenvalue weighted by molar-refractivity contribution is 0.0748. The summed E-state index contributed by atoms with van der Waals surface area (Å²) in [6.45, 7) is 5.93. The fourth-order valence-electron chi connectivity index (χ4n) is 3.20. The van der Waals surface area contributed by atoms with Crippen LogP contribution in [0, 0.1) is 18.3 Å². The molecule has 11 nitrogen and oxygen atoms in total. The zero-order valence-electron chi connectivity index (χ0n) is 19.4. The van der Waals surface area contributed by atoms with Crippen molar-refractivity contribution >= 4 is 28.5 Å². The molecule has 4 heterocycles. The quantitative estimate of drug-likeness (QED) is 0.358. The highest BCUT2D eigenvalue weighted by atomic mass is 16.5.